The first kappa shape index (κ1) is 8.35. The Kier molecular flexibility index (Phi) is 4.44. The quantitative estimate of drug-likeness (QED) is 0.529. The Balaban J connectivity index is 3.35. The first-order valence-corrected chi connectivity index (χ1v) is 4.13. The van der Waals surface area contributed by atoms with Crippen LogP contribution in [0.5, 0.6) is 0 Å². The van der Waals surface area contributed by atoms with Crippen LogP contribution in [-0.4, -0.2) is 32.3 Å². The summed E-state index contributed by atoms with van der Waals surface area (Å²) in [4.78, 5) is 0. The summed E-state index contributed by atoms with van der Waals surface area (Å²) < 4.78 is 24.8. The van der Waals surface area contributed by atoms with Gasteiger partial charge in [-0.1, -0.05) is 13.8 Å². The predicted molar refractivity (Wildman–Crippen MR) is 30.9 cm³/mol. The van der Waals surface area contributed by atoms with Crippen LogP contribution in [0.1, 0.15) is 13.8 Å². The zero-order chi connectivity index (χ0) is 6.57. The molecule has 0 rings (SSSR count). The van der Waals surface area contributed by atoms with Gasteiger partial charge >= 0.3 is 15.3 Å². The molecule has 0 aliphatic carbocycles. The van der Waals surface area contributed by atoms with Gasteiger partial charge in [-0.2, -0.15) is 0 Å². The summed E-state index contributed by atoms with van der Waals surface area (Å²) in [6.07, 6.45) is 0. The molecule has 0 spiro atoms. The minimum absolute atomic E-state index is 0.486. The van der Waals surface area contributed by atoms with E-state index in [2.05, 4.69) is 0 Å². The van der Waals surface area contributed by atoms with Crippen molar-refractivity contribution in [3.05, 3.63) is 0 Å². The van der Waals surface area contributed by atoms with Crippen LogP contribution >= 0.6 is 0 Å². The third kappa shape index (κ3) is 2.61. The van der Waals surface area contributed by atoms with Gasteiger partial charge in [-0.05, 0) is 13.1 Å². The first-order chi connectivity index (χ1) is 3.72. The number of rotatable bonds is 3. The van der Waals surface area contributed by atoms with E-state index in [-0.39, 0.29) is 0 Å². The Morgan fingerprint density at radius 3 is 1.62 bits per heavy atom. The average Bonchev–Trinajstić information content (AvgIpc) is 1.69. The lowest BCUT2D eigenvalue weighted by Gasteiger charge is -2.11. The predicted octanol–water partition coefficient (Wildman–Crippen LogP) is 1.25. The van der Waals surface area contributed by atoms with Crippen molar-refractivity contribution in [3.63, 3.8) is 0 Å². The van der Waals surface area contributed by atoms with Gasteiger partial charge in [0.1, 0.15) is 0 Å². The summed E-state index contributed by atoms with van der Waals surface area (Å²) >= 11 is -3.45. The summed E-state index contributed by atoms with van der Waals surface area (Å²) in [6, 6.07) is 0. The maximum absolute atomic E-state index is 11.8. The first-order valence-electron chi connectivity index (χ1n) is 2.74. The Hall–Kier alpha value is 0.352. The van der Waals surface area contributed by atoms with Gasteiger partial charge < -0.3 is 10.9 Å². The van der Waals surface area contributed by atoms with Gasteiger partial charge in [0, 0.05) is 0 Å². The standard InChI is InChI=1S/C4H10N.Al.2FH/c1-3-5-4-2;;;/h3-4H2,1-2H3;;2*1H/q-1;+3;;/p-2. The number of halogens is 2. The molecule has 0 heterocycles. The van der Waals surface area contributed by atoms with E-state index in [9.17, 15) is 7.05 Å². The van der Waals surface area contributed by atoms with Gasteiger partial charge in [-0.15, -0.1) is 0 Å². The molecule has 0 radical (unpaired) electrons. The molecule has 0 amide bonds. The number of hydrogen-bond donors (Lipinski definition) is 0. The highest BCUT2D eigenvalue weighted by atomic mass is 27.3. The van der Waals surface area contributed by atoms with Crippen LogP contribution in [0.2, 0.25) is 0 Å². The lowest BCUT2D eigenvalue weighted by Crippen LogP contribution is -2.32. The summed E-state index contributed by atoms with van der Waals surface area (Å²) in [6.45, 7) is 4.48. The highest BCUT2D eigenvalue weighted by Gasteiger charge is 2.29. The van der Waals surface area contributed by atoms with Gasteiger partial charge in [0.15, 0.2) is 0 Å². The molecule has 0 saturated carbocycles. The number of nitrogens with zero attached hydrogens (tertiary/aromatic N) is 1. The highest BCUT2D eigenvalue weighted by molar-refractivity contribution is 6.39. The zero-order valence-electron chi connectivity index (χ0n) is 5.19. The van der Waals surface area contributed by atoms with Gasteiger partial charge in [-0.3, -0.25) is 0 Å². The van der Waals surface area contributed by atoms with Crippen LogP contribution in [0.25, 0.3) is 0 Å². The van der Waals surface area contributed by atoms with Gasteiger partial charge in [0.05, 0.1) is 0 Å². The van der Waals surface area contributed by atoms with Gasteiger partial charge in [-0.25, -0.2) is 0 Å². The molecule has 4 heteroatoms. The van der Waals surface area contributed by atoms with E-state index in [1.807, 2.05) is 0 Å². The maximum atomic E-state index is 11.8. The van der Waals surface area contributed by atoms with Crippen molar-refractivity contribution in [2.24, 2.45) is 0 Å². The van der Waals surface area contributed by atoms with Gasteiger partial charge in [0.2, 0.25) is 0 Å². The second-order valence-corrected chi connectivity index (χ2v) is 2.78. The van der Waals surface area contributed by atoms with Crippen LogP contribution < -0.4 is 0 Å². The molecule has 0 bridgehead atoms. The molecule has 0 unspecified atom stereocenters. The van der Waals surface area contributed by atoms with E-state index in [4.69, 9.17) is 0 Å². The molecule has 0 aromatic heterocycles. The molecule has 0 aromatic rings. The molecular formula is C4H10AlF2N. The lowest BCUT2D eigenvalue weighted by atomic mass is 10.7. The van der Waals surface area contributed by atoms with Crippen LogP contribution in [0.15, 0.2) is 0 Å². The molecule has 1 nitrogen and oxygen atoms in total. The Morgan fingerprint density at radius 1 is 1.25 bits per heavy atom. The van der Waals surface area contributed by atoms with Gasteiger partial charge in [0.25, 0.3) is 0 Å². The van der Waals surface area contributed by atoms with E-state index in [1.165, 1.54) is 3.88 Å². The van der Waals surface area contributed by atoms with Crippen molar-refractivity contribution < 1.29 is 7.05 Å². The molecule has 8 heavy (non-hydrogen) atoms. The average molecular weight is 137 g/mol. The van der Waals surface area contributed by atoms with E-state index in [0.29, 0.717) is 13.1 Å². The van der Waals surface area contributed by atoms with Crippen molar-refractivity contribution in [1.29, 1.82) is 0 Å². The Bertz CT molecular complexity index is 56.0. The second-order valence-electron chi connectivity index (χ2n) is 1.50. The minimum Gasteiger partial charge on any atom is -0.360 e. The fourth-order valence-corrected chi connectivity index (χ4v) is 1.05. The topological polar surface area (TPSA) is 3.24 Å². The van der Waals surface area contributed by atoms with E-state index in [1.54, 1.807) is 13.8 Å². The van der Waals surface area contributed by atoms with E-state index >= 15 is 0 Å². The van der Waals surface area contributed by atoms with Crippen molar-refractivity contribution in [3.8, 4) is 0 Å². The fourth-order valence-electron chi connectivity index (χ4n) is 0.500. The largest absolute Gasteiger partial charge is 0.889 e. The molecule has 0 saturated heterocycles. The highest BCUT2D eigenvalue weighted by Crippen LogP contribution is 1.94. The van der Waals surface area contributed by atoms with Crippen molar-refractivity contribution in [2.75, 3.05) is 13.1 Å². The minimum atomic E-state index is -3.45. The van der Waals surface area contributed by atoms with Crippen LogP contribution in [0.4, 0.5) is 7.05 Å². The SMILES string of the molecule is CC[N](CC)[Al]([F])[F]. The van der Waals surface area contributed by atoms with E-state index < -0.39 is 15.3 Å². The normalized spacial score (nSPS) is 10.1. The molecule has 0 aliphatic heterocycles. The molecule has 0 aliphatic rings. The maximum Gasteiger partial charge on any atom is 0.889 e. The monoisotopic (exact) mass is 137 g/mol. The summed E-state index contributed by atoms with van der Waals surface area (Å²) in [5.74, 6) is 0. The van der Waals surface area contributed by atoms with Crippen LogP contribution in [-0.2, 0) is 0 Å². The van der Waals surface area contributed by atoms with Crippen molar-refractivity contribution in [1.82, 2.24) is 3.88 Å². The van der Waals surface area contributed by atoms with E-state index in [0.717, 1.165) is 0 Å². The Morgan fingerprint density at radius 2 is 1.62 bits per heavy atom. The molecule has 0 N–H and O–H groups in total. The molecule has 0 atom stereocenters. The third-order valence-corrected chi connectivity index (χ3v) is 2.37. The lowest BCUT2D eigenvalue weighted by molar-refractivity contribution is 0.392. The fraction of sp³-hybridized carbons (Fsp3) is 1.00. The van der Waals surface area contributed by atoms with Crippen molar-refractivity contribution >= 4 is 15.3 Å². The molecule has 48 valence electrons. The smallest absolute Gasteiger partial charge is 0.360 e. The number of hydrogen-bond acceptors (Lipinski definition) is 1. The molecule has 0 aromatic carbocycles. The van der Waals surface area contributed by atoms with Crippen LogP contribution in [0.3, 0.4) is 0 Å². The zero-order valence-corrected chi connectivity index (χ0v) is 6.35. The Labute approximate surface area is 53.8 Å². The molecular weight excluding hydrogens is 127 g/mol. The third-order valence-electron chi connectivity index (χ3n) is 1.09. The second kappa shape index (κ2) is 4.25. The summed E-state index contributed by atoms with van der Waals surface area (Å²) in [5.41, 5.74) is 0. The molecule has 0 fully saturated rings. The van der Waals surface area contributed by atoms with Crippen molar-refractivity contribution in [2.45, 2.75) is 13.8 Å². The summed E-state index contributed by atoms with van der Waals surface area (Å²) in [7, 11) is 0. The summed E-state index contributed by atoms with van der Waals surface area (Å²) in [5, 5.41) is 0. The van der Waals surface area contributed by atoms with Crippen LogP contribution in [0, 0.1) is 0 Å².